The lowest BCUT2D eigenvalue weighted by Crippen LogP contribution is -1.92. The maximum absolute atomic E-state index is 4.29. The Morgan fingerprint density at radius 3 is 2.33 bits per heavy atom. The number of thioether (sulfide) groups is 1. The van der Waals surface area contributed by atoms with Gasteiger partial charge in [-0.2, -0.15) is 5.10 Å². The fourth-order valence-electron chi connectivity index (χ4n) is 1.90. The van der Waals surface area contributed by atoms with Crippen LogP contribution in [0.2, 0.25) is 0 Å². The summed E-state index contributed by atoms with van der Waals surface area (Å²) in [4.78, 5) is 1.30. The first-order chi connectivity index (χ1) is 10.0. The summed E-state index contributed by atoms with van der Waals surface area (Å²) < 4.78 is 0. The number of nitrogens with zero attached hydrogens (tertiary/aromatic N) is 1. The number of aryl methyl sites for hydroxylation is 2. The van der Waals surface area contributed by atoms with Gasteiger partial charge in [0, 0.05) is 10.1 Å². The molecule has 0 aliphatic carbocycles. The minimum atomic E-state index is 0.607. The first kappa shape index (κ1) is 15.6. The topological polar surface area (TPSA) is 24.4 Å². The van der Waals surface area contributed by atoms with Crippen molar-refractivity contribution in [1.82, 2.24) is 0 Å². The van der Waals surface area contributed by atoms with Crippen LogP contribution in [-0.4, -0.2) is 11.5 Å². The lowest BCUT2D eigenvalue weighted by Gasteiger charge is -2.05. The van der Waals surface area contributed by atoms with Gasteiger partial charge in [0.25, 0.3) is 0 Å². The van der Waals surface area contributed by atoms with E-state index in [1.54, 1.807) is 0 Å². The lowest BCUT2D eigenvalue weighted by molar-refractivity contribution is 1.11. The van der Waals surface area contributed by atoms with Gasteiger partial charge in [-0.15, -0.1) is 11.8 Å². The Hall–Kier alpha value is -1.74. The van der Waals surface area contributed by atoms with E-state index in [0.29, 0.717) is 5.25 Å². The van der Waals surface area contributed by atoms with Crippen molar-refractivity contribution >= 4 is 23.7 Å². The Morgan fingerprint density at radius 2 is 1.71 bits per heavy atom. The molecular formula is C18H22N2S. The van der Waals surface area contributed by atoms with Crippen LogP contribution in [0.4, 0.5) is 5.69 Å². The Labute approximate surface area is 131 Å². The Balaban J connectivity index is 1.96. The highest BCUT2D eigenvalue weighted by Crippen LogP contribution is 2.22. The number of benzene rings is 2. The van der Waals surface area contributed by atoms with E-state index in [1.807, 2.05) is 24.0 Å². The highest BCUT2D eigenvalue weighted by molar-refractivity contribution is 7.99. The maximum atomic E-state index is 4.29. The van der Waals surface area contributed by atoms with Crippen LogP contribution in [0.5, 0.6) is 0 Å². The van der Waals surface area contributed by atoms with Crippen LogP contribution in [0, 0.1) is 13.8 Å². The van der Waals surface area contributed by atoms with E-state index in [2.05, 4.69) is 74.6 Å². The Kier molecular flexibility index (Phi) is 5.45. The van der Waals surface area contributed by atoms with Crippen molar-refractivity contribution < 1.29 is 0 Å². The third kappa shape index (κ3) is 4.94. The van der Waals surface area contributed by atoms with Gasteiger partial charge in [0.15, 0.2) is 0 Å². The standard InChI is InChI=1S/C18H22N2S/c1-13(2)21-18-9-6-16(7-10-18)12-19-20-17-8-5-14(3)15(4)11-17/h5-13,20H,1-4H3. The first-order valence-corrected chi connectivity index (χ1v) is 8.05. The smallest absolute Gasteiger partial charge is 0.0564 e. The molecule has 0 bridgehead atoms. The normalized spacial score (nSPS) is 11.3. The van der Waals surface area contributed by atoms with E-state index < -0.39 is 0 Å². The zero-order valence-electron chi connectivity index (χ0n) is 13.1. The fraction of sp³-hybridized carbons (Fsp3) is 0.278. The summed E-state index contributed by atoms with van der Waals surface area (Å²) in [6.07, 6.45) is 1.85. The lowest BCUT2D eigenvalue weighted by atomic mass is 10.1. The van der Waals surface area contributed by atoms with E-state index >= 15 is 0 Å². The number of hydrogen-bond donors (Lipinski definition) is 1. The molecule has 110 valence electrons. The van der Waals surface area contributed by atoms with Gasteiger partial charge < -0.3 is 0 Å². The van der Waals surface area contributed by atoms with Crippen LogP contribution in [-0.2, 0) is 0 Å². The Morgan fingerprint density at radius 1 is 1.00 bits per heavy atom. The van der Waals surface area contributed by atoms with Crippen molar-refractivity contribution in [2.75, 3.05) is 5.43 Å². The second-order valence-electron chi connectivity index (χ2n) is 5.40. The number of hydrogen-bond acceptors (Lipinski definition) is 3. The van der Waals surface area contributed by atoms with Gasteiger partial charge in [-0.05, 0) is 54.8 Å². The van der Waals surface area contributed by atoms with Crippen molar-refractivity contribution in [2.45, 2.75) is 37.8 Å². The predicted molar refractivity (Wildman–Crippen MR) is 94.6 cm³/mol. The van der Waals surface area contributed by atoms with E-state index in [1.165, 1.54) is 16.0 Å². The minimum absolute atomic E-state index is 0.607. The molecule has 0 fully saturated rings. The molecule has 0 spiro atoms. The summed E-state index contributed by atoms with van der Waals surface area (Å²) in [5.41, 5.74) is 7.75. The summed E-state index contributed by atoms with van der Waals surface area (Å²) in [6, 6.07) is 14.7. The average molecular weight is 298 g/mol. The van der Waals surface area contributed by atoms with Crippen molar-refractivity contribution in [2.24, 2.45) is 5.10 Å². The molecule has 0 aliphatic rings. The predicted octanol–water partition coefficient (Wildman–Crippen LogP) is 5.25. The molecule has 0 unspecified atom stereocenters. The third-order valence-corrected chi connectivity index (χ3v) is 4.18. The molecule has 0 aliphatic heterocycles. The van der Waals surface area contributed by atoms with Gasteiger partial charge in [-0.3, -0.25) is 5.43 Å². The highest BCUT2D eigenvalue weighted by Gasteiger charge is 1.98. The molecule has 0 atom stereocenters. The number of hydrazone groups is 1. The van der Waals surface area contributed by atoms with Crippen LogP contribution in [0.1, 0.15) is 30.5 Å². The van der Waals surface area contributed by atoms with Gasteiger partial charge in [0.1, 0.15) is 0 Å². The van der Waals surface area contributed by atoms with Crippen molar-refractivity contribution in [3.8, 4) is 0 Å². The summed E-state index contributed by atoms with van der Waals surface area (Å²) in [5, 5.41) is 4.90. The van der Waals surface area contributed by atoms with Gasteiger partial charge in [-0.25, -0.2) is 0 Å². The molecule has 0 heterocycles. The molecule has 1 N–H and O–H groups in total. The van der Waals surface area contributed by atoms with Crippen molar-refractivity contribution in [3.63, 3.8) is 0 Å². The minimum Gasteiger partial charge on any atom is -0.278 e. The van der Waals surface area contributed by atoms with Crippen LogP contribution in [0.15, 0.2) is 52.5 Å². The molecule has 0 radical (unpaired) electrons. The molecular weight excluding hydrogens is 276 g/mol. The van der Waals surface area contributed by atoms with Crippen LogP contribution >= 0.6 is 11.8 Å². The second-order valence-corrected chi connectivity index (χ2v) is 7.05. The van der Waals surface area contributed by atoms with Gasteiger partial charge in [-0.1, -0.05) is 32.0 Å². The largest absolute Gasteiger partial charge is 0.278 e. The van der Waals surface area contributed by atoms with Gasteiger partial charge >= 0.3 is 0 Å². The summed E-state index contributed by atoms with van der Waals surface area (Å²) in [6.45, 7) is 8.62. The molecule has 0 aromatic heterocycles. The quantitative estimate of drug-likeness (QED) is 0.463. The summed E-state index contributed by atoms with van der Waals surface area (Å²) >= 11 is 1.87. The Bertz CT molecular complexity index is 616. The van der Waals surface area contributed by atoms with E-state index in [0.717, 1.165) is 11.3 Å². The fourth-order valence-corrected chi connectivity index (χ4v) is 2.73. The summed E-state index contributed by atoms with van der Waals surface area (Å²) in [7, 11) is 0. The zero-order valence-corrected chi connectivity index (χ0v) is 13.9. The first-order valence-electron chi connectivity index (χ1n) is 7.17. The van der Waals surface area contributed by atoms with Gasteiger partial charge in [0.05, 0.1) is 11.9 Å². The molecule has 0 amide bonds. The molecule has 3 heteroatoms. The van der Waals surface area contributed by atoms with Crippen LogP contribution in [0.3, 0.4) is 0 Å². The van der Waals surface area contributed by atoms with Crippen molar-refractivity contribution in [1.29, 1.82) is 0 Å². The number of rotatable bonds is 5. The molecule has 2 aromatic rings. The van der Waals surface area contributed by atoms with Crippen LogP contribution in [0.25, 0.3) is 0 Å². The maximum Gasteiger partial charge on any atom is 0.0564 e. The van der Waals surface area contributed by atoms with Crippen molar-refractivity contribution in [3.05, 3.63) is 59.2 Å². The number of anilines is 1. The SMILES string of the molecule is Cc1ccc(NN=Cc2ccc(SC(C)C)cc2)cc1C. The molecule has 2 aromatic carbocycles. The van der Waals surface area contributed by atoms with E-state index in [4.69, 9.17) is 0 Å². The highest BCUT2D eigenvalue weighted by atomic mass is 32.2. The molecule has 21 heavy (non-hydrogen) atoms. The molecule has 2 rings (SSSR count). The van der Waals surface area contributed by atoms with E-state index in [9.17, 15) is 0 Å². The van der Waals surface area contributed by atoms with E-state index in [-0.39, 0.29) is 0 Å². The van der Waals surface area contributed by atoms with Gasteiger partial charge in [0.2, 0.25) is 0 Å². The molecule has 0 saturated heterocycles. The molecule has 2 nitrogen and oxygen atoms in total. The molecule has 0 saturated carbocycles. The second kappa shape index (κ2) is 7.32. The van der Waals surface area contributed by atoms with Crippen LogP contribution < -0.4 is 5.43 Å². The zero-order chi connectivity index (χ0) is 15.2. The monoisotopic (exact) mass is 298 g/mol. The number of nitrogens with one attached hydrogen (secondary N) is 1. The third-order valence-electron chi connectivity index (χ3n) is 3.17. The summed E-state index contributed by atoms with van der Waals surface area (Å²) in [5.74, 6) is 0. The average Bonchev–Trinajstić information content (AvgIpc) is 2.44.